The molecule has 8 nitrogen and oxygen atoms in total. The molecule has 3 aromatic rings. The van der Waals surface area contributed by atoms with Gasteiger partial charge in [0.15, 0.2) is 16.9 Å². The van der Waals surface area contributed by atoms with Crippen LogP contribution in [0.3, 0.4) is 0 Å². The molecule has 0 saturated heterocycles. The van der Waals surface area contributed by atoms with Gasteiger partial charge < -0.3 is 9.13 Å². The summed E-state index contributed by atoms with van der Waals surface area (Å²) in [5.41, 5.74) is 1.53. The molecule has 3 aromatic heterocycles. The van der Waals surface area contributed by atoms with E-state index in [-0.39, 0.29) is 28.8 Å². The average Bonchev–Trinajstić information content (AvgIpc) is 3.10. The second-order valence-electron chi connectivity index (χ2n) is 6.45. The summed E-state index contributed by atoms with van der Waals surface area (Å²) >= 11 is 6.19. The number of nitrogens with zero attached hydrogens (tertiary/aromatic N) is 5. The van der Waals surface area contributed by atoms with Gasteiger partial charge in [0.2, 0.25) is 5.28 Å². The van der Waals surface area contributed by atoms with Crippen LogP contribution >= 0.6 is 11.6 Å². The smallest absolute Gasteiger partial charge is 0.332 e. The van der Waals surface area contributed by atoms with Crippen molar-refractivity contribution in [2.24, 2.45) is 14.1 Å². The van der Waals surface area contributed by atoms with Gasteiger partial charge in [0.1, 0.15) is 0 Å². The van der Waals surface area contributed by atoms with Crippen molar-refractivity contribution >= 4 is 28.5 Å². The molecule has 0 aliphatic carbocycles. The van der Waals surface area contributed by atoms with Crippen LogP contribution < -0.4 is 11.2 Å². The zero-order chi connectivity index (χ0) is 20.0. The Labute approximate surface area is 159 Å². The number of hydrogen-bond donors (Lipinski definition) is 0. The summed E-state index contributed by atoms with van der Waals surface area (Å²) in [5, 5.41) is -0.0171. The van der Waals surface area contributed by atoms with Crippen LogP contribution in [0.2, 0.25) is 5.28 Å². The fourth-order valence-electron chi connectivity index (χ4n) is 3.29. The molecule has 3 rings (SSSR count). The summed E-state index contributed by atoms with van der Waals surface area (Å²) in [4.78, 5) is 41.7. The van der Waals surface area contributed by atoms with Gasteiger partial charge >= 0.3 is 5.69 Å². The molecule has 0 aromatic carbocycles. The van der Waals surface area contributed by atoms with Crippen molar-refractivity contribution in [2.75, 3.05) is 0 Å². The number of imidazole rings is 1. The SMILES string of the molecule is C=CCn1c(C)cc(C(=O)Cn2c(Cl)nc3c2c(=O)n(C)c(=O)n3C)c1C. The third-order valence-corrected chi connectivity index (χ3v) is 5.08. The molecule has 0 atom stereocenters. The highest BCUT2D eigenvalue weighted by Gasteiger charge is 2.22. The molecular formula is C18H20ClN5O3. The van der Waals surface area contributed by atoms with E-state index in [0.29, 0.717) is 12.1 Å². The molecule has 9 heteroatoms. The van der Waals surface area contributed by atoms with Gasteiger partial charge in [-0.1, -0.05) is 6.08 Å². The second kappa shape index (κ2) is 6.70. The van der Waals surface area contributed by atoms with Crippen LogP contribution in [-0.2, 0) is 27.2 Å². The Morgan fingerprint density at radius 1 is 1.22 bits per heavy atom. The first-order valence-corrected chi connectivity index (χ1v) is 8.69. The van der Waals surface area contributed by atoms with Gasteiger partial charge in [0.05, 0.1) is 6.54 Å². The summed E-state index contributed by atoms with van der Waals surface area (Å²) < 4.78 is 5.54. The monoisotopic (exact) mass is 389 g/mol. The lowest BCUT2D eigenvalue weighted by atomic mass is 10.1. The van der Waals surface area contributed by atoms with Crippen molar-refractivity contribution in [3.63, 3.8) is 0 Å². The number of aromatic nitrogens is 5. The van der Waals surface area contributed by atoms with E-state index < -0.39 is 11.2 Å². The molecule has 0 amide bonds. The Hall–Kier alpha value is -2.87. The van der Waals surface area contributed by atoms with Gasteiger partial charge in [-0.2, -0.15) is 4.98 Å². The van der Waals surface area contributed by atoms with Gasteiger partial charge in [-0.15, -0.1) is 6.58 Å². The van der Waals surface area contributed by atoms with Crippen molar-refractivity contribution in [3.05, 3.63) is 61.8 Å². The molecule has 0 unspecified atom stereocenters. The number of ketones is 1. The third kappa shape index (κ3) is 2.86. The van der Waals surface area contributed by atoms with Crippen molar-refractivity contribution in [3.8, 4) is 0 Å². The van der Waals surface area contributed by atoms with Crippen LogP contribution in [0.25, 0.3) is 11.2 Å². The van der Waals surface area contributed by atoms with Gasteiger partial charge in [0, 0.05) is 37.6 Å². The first kappa shape index (κ1) is 18.9. The van der Waals surface area contributed by atoms with Crippen LogP contribution in [0, 0.1) is 13.8 Å². The Bertz CT molecular complexity index is 1210. The lowest BCUT2D eigenvalue weighted by Crippen LogP contribution is -2.37. The van der Waals surface area contributed by atoms with E-state index in [9.17, 15) is 14.4 Å². The minimum atomic E-state index is -0.544. The third-order valence-electron chi connectivity index (χ3n) is 4.79. The highest BCUT2D eigenvalue weighted by atomic mass is 35.5. The zero-order valence-electron chi connectivity index (χ0n) is 15.6. The Balaban J connectivity index is 2.13. The maximum Gasteiger partial charge on any atom is 0.332 e. The van der Waals surface area contributed by atoms with E-state index >= 15 is 0 Å². The van der Waals surface area contributed by atoms with Crippen LogP contribution in [0.5, 0.6) is 0 Å². The van der Waals surface area contributed by atoms with Gasteiger partial charge in [-0.3, -0.25) is 18.7 Å². The van der Waals surface area contributed by atoms with E-state index in [1.807, 2.05) is 24.5 Å². The lowest BCUT2D eigenvalue weighted by molar-refractivity contribution is 0.0972. The van der Waals surface area contributed by atoms with E-state index in [1.165, 1.54) is 23.2 Å². The summed E-state index contributed by atoms with van der Waals surface area (Å²) in [6, 6.07) is 1.81. The number of hydrogen-bond acceptors (Lipinski definition) is 4. The molecule has 0 bridgehead atoms. The normalized spacial score (nSPS) is 11.3. The second-order valence-corrected chi connectivity index (χ2v) is 6.79. The summed E-state index contributed by atoms with van der Waals surface area (Å²) in [7, 11) is 2.88. The van der Waals surface area contributed by atoms with Crippen molar-refractivity contribution < 1.29 is 4.79 Å². The molecular weight excluding hydrogens is 370 g/mol. The van der Waals surface area contributed by atoms with E-state index in [4.69, 9.17) is 11.6 Å². The first-order valence-electron chi connectivity index (χ1n) is 8.31. The summed E-state index contributed by atoms with van der Waals surface area (Å²) in [6.45, 7) is 7.96. The quantitative estimate of drug-likeness (QED) is 0.376. The molecule has 0 N–H and O–H groups in total. The standard InChI is InChI=1S/C18H20ClN5O3/c1-6-7-23-10(2)8-12(11(23)3)13(25)9-24-14-15(20-17(24)19)21(4)18(27)22(5)16(14)26/h6,8H,1,7,9H2,2-5H3. The molecule has 0 spiro atoms. The average molecular weight is 390 g/mol. The predicted octanol–water partition coefficient (Wildman–Crippen LogP) is 1.57. The molecule has 0 aliphatic rings. The largest absolute Gasteiger partial charge is 0.345 e. The van der Waals surface area contributed by atoms with E-state index in [0.717, 1.165) is 16.0 Å². The molecule has 27 heavy (non-hydrogen) atoms. The maximum absolute atomic E-state index is 12.9. The molecule has 0 saturated carbocycles. The van der Waals surface area contributed by atoms with Crippen LogP contribution in [-0.4, -0.2) is 29.0 Å². The first-order chi connectivity index (χ1) is 12.7. The van der Waals surface area contributed by atoms with Crippen molar-refractivity contribution in [1.82, 2.24) is 23.3 Å². The number of fused-ring (bicyclic) bond motifs is 1. The number of allylic oxidation sites excluding steroid dienone is 1. The number of carbonyl (C=O) groups is 1. The maximum atomic E-state index is 12.9. The van der Waals surface area contributed by atoms with Gasteiger partial charge in [0.25, 0.3) is 5.56 Å². The van der Waals surface area contributed by atoms with E-state index in [2.05, 4.69) is 11.6 Å². The molecule has 142 valence electrons. The summed E-state index contributed by atoms with van der Waals surface area (Å²) in [5.74, 6) is -0.199. The minimum absolute atomic E-state index is 0.0171. The van der Waals surface area contributed by atoms with E-state index in [1.54, 1.807) is 6.08 Å². The number of rotatable bonds is 5. The molecule has 0 radical (unpaired) electrons. The highest BCUT2D eigenvalue weighted by Crippen LogP contribution is 2.20. The number of Topliss-reactive ketones (excluding diaryl/α,β-unsaturated/α-hetero) is 1. The Morgan fingerprint density at radius 3 is 2.52 bits per heavy atom. The fourth-order valence-corrected chi connectivity index (χ4v) is 3.51. The Morgan fingerprint density at radius 2 is 1.89 bits per heavy atom. The fraction of sp³-hybridized carbons (Fsp3) is 0.333. The molecule has 3 heterocycles. The zero-order valence-corrected chi connectivity index (χ0v) is 16.4. The highest BCUT2D eigenvalue weighted by molar-refractivity contribution is 6.29. The van der Waals surface area contributed by atoms with Gasteiger partial charge in [-0.05, 0) is 31.5 Å². The van der Waals surface area contributed by atoms with Crippen molar-refractivity contribution in [1.29, 1.82) is 0 Å². The van der Waals surface area contributed by atoms with Crippen LogP contribution in [0.1, 0.15) is 21.7 Å². The lowest BCUT2D eigenvalue weighted by Gasteiger charge is -2.08. The molecule has 0 aliphatic heterocycles. The summed E-state index contributed by atoms with van der Waals surface area (Å²) in [6.07, 6.45) is 1.76. The number of halogens is 1. The number of carbonyl (C=O) groups excluding carboxylic acids is 1. The minimum Gasteiger partial charge on any atom is -0.345 e. The van der Waals surface area contributed by atoms with Crippen LogP contribution in [0.15, 0.2) is 28.3 Å². The molecule has 0 fully saturated rings. The Kier molecular flexibility index (Phi) is 4.69. The predicted molar refractivity (Wildman–Crippen MR) is 104 cm³/mol. The van der Waals surface area contributed by atoms with Crippen molar-refractivity contribution in [2.45, 2.75) is 26.9 Å². The van der Waals surface area contributed by atoms with Crippen LogP contribution in [0.4, 0.5) is 0 Å². The van der Waals surface area contributed by atoms with Gasteiger partial charge in [-0.25, -0.2) is 4.79 Å². The topological polar surface area (TPSA) is 83.8 Å². The number of aryl methyl sites for hydroxylation is 2.